The fraction of sp³-hybridized carbons (Fsp3) is 0.571. The molecule has 1 aromatic carbocycles. The van der Waals surface area contributed by atoms with E-state index >= 15 is 0 Å². The molecule has 0 spiro atoms. The van der Waals surface area contributed by atoms with E-state index in [2.05, 4.69) is 11.8 Å². The van der Waals surface area contributed by atoms with E-state index in [1.807, 2.05) is 0 Å². The van der Waals surface area contributed by atoms with Gasteiger partial charge in [-0.15, -0.1) is 0 Å². The smallest absolute Gasteiger partial charge is 0.159 e. The topological polar surface area (TPSA) is 29.3 Å². The summed E-state index contributed by atoms with van der Waals surface area (Å²) in [5.41, 5.74) is 6.83. The summed E-state index contributed by atoms with van der Waals surface area (Å²) < 4.78 is 25.9. The van der Waals surface area contributed by atoms with Crippen molar-refractivity contribution in [2.45, 2.75) is 26.3 Å². The van der Waals surface area contributed by atoms with Gasteiger partial charge in [0, 0.05) is 6.54 Å². The molecular weight excluding hydrogens is 234 g/mol. The first kappa shape index (κ1) is 13.4. The number of hydrogen-bond donors (Lipinski definition) is 1. The molecule has 1 heterocycles. The van der Waals surface area contributed by atoms with E-state index in [4.69, 9.17) is 5.73 Å². The number of hydrogen-bond acceptors (Lipinski definition) is 2. The number of nitrogens with zero attached hydrogens (tertiary/aromatic N) is 1. The molecule has 2 N–H and O–H groups in total. The van der Waals surface area contributed by atoms with Crippen LogP contribution in [0.1, 0.15) is 25.3 Å². The SMILES string of the molecule is CC1(CN)CCN(Cc2ccc(F)c(F)c2)CC1. The summed E-state index contributed by atoms with van der Waals surface area (Å²) in [6.45, 7) is 5.53. The van der Waals surface area contributed by atoms with Crippen molar-refractivity contribution in [3.63, 3.8) is 0 Å². The summed E-state index contributed by atoms with van der Waals surface area (Å²) in [7, 11) is 0. The van der Waals surface area contributed by atoms with E-state index in [0.717, 1.165) is 31.5 Å². The van der Waals surface area contributed by atoms with Crippen molar-refractivity contribution >= 4 is 0 Å². The molecule has 0 aromatic heterocycles. The second-order valence-corrected chi connectivity index (χ2v) is 5.54. The van der Waals surface area contributed by atoms with Gasteiger partial charge in [0.05, 0.1) is 0 Å². The van der Waals surface area contributed by atoms with Crippen LogP contribution in [0.25, 0.3) is 0 Å². The van der Waals surface area contributed by atoms with Crippen molar-refractivity contribution < 1.29 is 8.78 Å². The second-order valence-electron chi connectivity index (χ2n) is 5.54. The number of piperidine rings is 1. The molecule has 0 aliphatic carbocycles. The standard InChI is InChI=1S/C14H20F2N2/c1-14(10-17)4-6-18(7-5-14)9-11-2-3-12(15)13(16)8-11/h2-3,8H,4-7,9-10,17H2,1H3. The van der Waals surface area contributed by atoms with Crippen molar-refractivity contribution in [2.75, 3.05) is 19.6 Å². The highest BCUT2D eigenvalue weighted by Crippen LogP contribution is 2.30. The van der Waals surface area contributed by atoms with Crippen molar-refractivity contribution in [3.8, 4) is 0 Å². The molecule has 1 saturated heterocycles. The average molecular weight is 254 g/mol. The zero-order valence-electron chi connectivity index (χ0n) is 10.8. The molecule has 2 nitrogen and oxygen atoms in total. The molecule has 100 valence electrons. The van der Waals surface area contributed by atoms with Crippen molar-refractivity contribution in [1.29, 1.82) is 0 Å². The molecule has 0 bridgehead atoms. The highest BCUT2D eigenvalue weighted by Gasteiger charge is 2.28. The van der Waals surface area contributed by atoms with Gasteiger partial charge in [-0.05, 0) is 55.6 Å². The van der Waals surface area contributed by atoms with Crippen LogP contribution in [0.5, 0.6) is 0 Å². The van der Waals surface area contributed by atoms with Crippen LogP contribution in [0.2, 0.25) is 0 Å². The third-order valence-electron chi connectivity index (χ3n) is 3.95. The molecule has 18 heavy (non-hydrogen) atoms. The zero-order chi connectivity index (χ0) is 13.2. The first-order valence-electron chi connectivity index (χ1n) is 6.39. The lowest BCUT2D eigenvalue weighted by atomic mass is 9.80. The predicted octanol–water partition coefficient (Wildman–Crippen LogP) is 2.53. The first-order chi connectivity index (χ1) is 8.52. The second kappa shape index (κ2) is 5.33. The molecule has 0 atom stereocenters. The van der Waals surface area contributed by atoms with Gasteiger partial charge in [-0.2, -0.15) is 0 Å². The van der Waals surface area contributed by atoms with Crippen LogP contribution in [-0.4, -0.2) is 24.5 Å². The normalized spacial score (nSPS) is 20.0. The predicted molar refractivity (Wildman–Crippen MR) is 68.0 cm³/mol. The largest absolute Gasteiger partial charge is 0.330 e. The summed E-state index contributed by atoms with van der Waals surface area (Å²) >= 11 is 0. The van der Waals surface area contributed by atoms with Crippen LogP contribution in [0.15, 0.2) is 18.2 Å². The molecule has 2 rings (SSSR count). The van der Waals surface area contributed by atoms with E-state index in [1.54, 1.807) is 6.07 Å². The molecule has 0 amide bonds. The maximum Gasteiger partial charge on any atom is 0.159 e. The van der Waals surface area contributed by atoms with Gasteiger partial charge in [-0.1, -0.05) is 13.0 Å². The van der Waals surface area contributed by atoms with Gasteiger partial charge >= 0.3 is 0 Å². The molecule has 1 aliphatic heterocycles. The number of halogens is 2. The monoisotopic (exact) mass is 254 g/mol. The molecule has 0 radical (unpaired) electrons. The third kappa shape index (κ3) is 3.06. The number of benzene rings is 1. The Labute approximate surface area is 107 Å². The van der Waals surface area contributed by atoms with Crippen LogP contribution < -0.4 is 5.73 Å². The number of likely N-dealkylation sites (tertiary alicyclic amines) is 1. The maximum absolute atomic E-state index is 13.1. The van der Waals surface area contributed by atoms with E-state index < -0.39 is 11.6 Å². The third-order valence-corrected chi connectivity index (χ3v) is 3.95. The lowest BCUT2D eigenvalue weighted by Gasteiger charge is -2.38. The Morgan fingerprint density at radius 3 is 2.44 bits per heavy atom. The maximum atomic E-state index is 13.1. The summed E-state index contributed by atoms with van der Waals surface area (Å²) in [4.78, 5) is 2.27. The molecule has 0 saturated carbocycles. The van der Waals surface area contributed by atoms with Gasteiger partial charge < -0.3 is 5.73 Å². The van der Waals surface area contributed by atoms with Crippen molar-refractivity contribution in [3.05, 3.63) is 35.4 Å². The minimum Gasteiger partial charge on any atom is -0.330 e. The fourth-order valence-electron chi connectivity index (χ4n) is 2.35. The van der Waals surface area contributed by atoms with Crippen molar-refractivity contribution in [1.82, 2.24) is 4.90 Å². The van der Waals surface area contributed by atoms with E-state index in [1.165, 1.54) is 12.1 Å². The highest BCUT2D eigenvalue weighted by molar-refractivity contribution is 5.17. The Hall–Kier alpha value is -1.00. The Balaban J connectivity index is 1.93. The first-order valence-corrected chi connectivity index (χ1v) is 6.39. The molecule has 1 aromatic rings. The fourth-order valence-corrected chi connectivity index (χ4v) is 2.35. The van der Waals surface area contributed by atoms with Gasteiger partial charge in [0.1, 0.15) is 0 Å². The zero-order valence-corrected chi connectivity index (χ0v) is 10.8. The highest BCUT2D eigenvalue weighted by atomic mass is 19.2. The molecule has 1 fully saturated rings. The quantitative estimate of drug-likeness (QED) is 0.898. The minimum absolute atomic E-state index is 0.241. The van der Waals surface area contributed by atoms with E-state index in [-0.39, 0.29) is 5.41 Å². The number of nitrogens with two attached hydrogens (primary N) is 1. The molecule has 0 unspecified atom stereocenters. The van der Waals surface area contributed by atoms with Gasteiger partial charge in [-0.3, -0.25) is 4.90 Å². The Bertz CT molecular complexity index is 412. The lowest BCUT2D eigenvalue weighted by Crippen LogP contribution is -2.41. The van der Waals surface area contributed by atoms with Gasteiger partial charge in [0.15, 0.2) is 11.6 Å². The Morgan fingerprint density at radius 2 is 1.89 bits per heavy atom. The summed E-state index contributed by atoms with van der Waals surface area (Å²) in [6, 6.07) is 4.12. The van der Waals surface area contributed by atoms with Crippen LogP contribution in [-0.2, 0) is 6.54 Å². The van der Waals surface area contributed by atoms with E-state index in [0.29, 0.717) is 13.1 Å². The molecule has 4 heteroatoms. The molecule has 1 aliphatic rings. The minimum atomic E-state index is -0.784. The summed E-state index contributed by atoms with van der Waals surface area (Å²) in [5, 5.41) is 0. The Morgan fingerprint density at radius 1 is 1.22 bits per heavy atom. The number of rotatable bonds is 3. The van der Waals surface area contributed by atoms with Gasteiger partial charge in [-0.25, -0.2) is 8.78 Å². The van der Waals surface area contributed by atoms with Crippen LogP contribution in [0, 0.1) is 17.0 Å². The lowest BCUT2D eigenvalue weighted by molar-refractivity contribution is 0.119. The van der Waals surface area contributed by atoms with Gasteiger partial charge in [0.2, 0.25) is 0 Å². The van der Waals surface area contributed by atoms with Crippen LogP contribution in [0.3, 0.4) is 0 Å². The van der Waals surface area contributed by atoms with Crippen LogP contribution in [0.4, 0.5) is 8.78 Å². The van der Waals surface area contributed by atoms with Gasteiger partial charge in [0.25, 0.3) is 0 Å². The summed E-state index contributed by atoms with van der Waals surface area (Å²) in [6.07, 6.45) is 2.13. The Kier molecular flexibility index (Phi) is 3.97. The summed E-state index contributed by atoms with van der Waals surface area (Å²) in [5.74, 6) is -1.55. The average Bonchev–Trinajstić information content (AvgIpc) is 2.37. The van der Waals surface area contributed by atoms with Crippen molar-refractivity contribution in [2.24, 2.45) is 11.1 Å². The van der Waals surface area contributed by atoms with Crippen LogP contribution >= 0.6 is 0 Å². The molecular formula is C14H20F2N2. The van der Waals surface area contributed by atoms with E-state index in [9.17, 15) is 8.78 Å².